The van der Waals surface area contributed by atoms with Crippen molar-refractivity contribution in [2.24, 2.45) is 0 Å². The molecule has 152 valence electrons. The van der Waals surface area contributed by atoms with E-state index in [2.05, 4.69) is 52.4 Å². The van der Waals surface area contributed by atoms with Crippen LogP contribution in [-0.4, -0.2) is 13.7 Å². The number of halogens is 2. The summed E-state index contributed by atoms with van der Waals surface area (Å²) in [6.45, 7) is 4.12. The van der Waals surface area contributed by atoms with Crippen molar-refractivity contribution in [1.29, 1.82) is 0 Å². The van der Waals surface area contributed by atoms with Crippen molar-refractivity contribution in [3.8, 4) is 11.5 Å². The summed E-state index contributed by atoms with van der Waals surface area (Å²) >= 11 is 9.62. The Balaban J connectivity index is 1.68. The summed E-state index contributed by atoms with van der Waals surface area (Å²) in [7, 11) is 1.67. The quantitative estimate of drug-likeness (QED) is 0.368. The number of nitrogens with one attached hydrogen (secondary N) is 1. The average Bonchev–Trinajstić information content (AvgIpc) is 2.73. The van der Waals surface area contributed by atoms with Gasteiger partial charge in [0.05, 0.1) is 7.11 Å². The number of rotatable bonds is 9. The van der Waals surface area contributed by atoms with Gasteiger partial charge in [0, 0.05) is 21.6 Å². The predicted molar refractivity (Wildman–Crippen MR) is 123 cm³/mol. The Kier molecular flexibility index (Phi) is 7.99. The van der Waals surface area contributed by atoms with Crippen LogP contribution in [0.1, 0.15) is 22.3 Å². The number of hydrogen-bond donors (Lipinski definition) is 1. The van der Waals surface area contributed by atoms with Crippen LogP contribution >= 0.6 is 27.5 Å². The Morgan fingerprint density at radius 1 is 1.00 bits per heavy atom. The maximum atomic E-state index is 6.23. The van der Waals surface area contributed by atoms with E-state index < -0.39 is 0 Å². The minimum Gasteiger partial charge on any atom is -0.493 e. The van der Waals surface area contributed by atoms with E-state index >= 15 is 0 Å². The third kappa shape index (κ3) is 5.99. The third-order valence-electron chi connectivity index (χ3n) is 4.83. The van der Waals surface area contributed by atoms with E-state index in [0.717, 1.165) is 45.1 Å². The summed E-state index contributed by atoms with van der Waals surface area (Å²) in [5.74, 6) is 1.50. The van der Waals surface area contributed by atoms with Crippen molar-refractivity contribution < 1.29 is 9.47 Å². The van der Waals surface area contributed by atoms with Crippen molar-refractivity contribution in [3.05, 3.63) is 92.4 Å². The van der Waals surface area contributed by atoms with Crippen LogP contribution in [0.25, 0.3) is 0 Å². The zero-order chi connectivity index (χ0) is 20.6. The van der Waals surface area contributed by atoms with Crippen molar-refractivity contribution in [2.45, 2.75) is 26.5 Å². The highest BCUT2D eigenvalue weighted by Crippen LogP contribution is 2.37. The summed E-state index contributed by atoms with van der Waals surface area (Å²) in [4.78, 5) is 0. The number of benzene rings is 3. The molecule has 0 saturated heterocycles. The lowest BCUT2D eigenvalue weighted by atomic mass is 10.1. The van der Waals surface area contributed by atoms with Crippen LogP contribution in [0.4, 0.5) is 0 Å². The molecular weight excluding hydrogens is 450 g/mol. The predicted octanol–water partition coefficient (Wildman–Crippen LogP) is 6.33. The molecule has 0 saturated carbocycles. The van der Waals surface area contributed by atoms with Gasteiger partial charge >= 0.3 is 0 Å². The molecule has 29 heavy (non-hydrogen) atoms. The fourth-order valence-corrected chi connectivity index (χ4v) is 3.66. The lowest BCUT2D eigenvalue weighted by molar-refractivity contribution is 0.280. The molecule has 0 aromatic heterocycles. The smallest absolute Gasteiger partial charge is 0.167 e. The second-order valence-corrected chi connectivity index (χ2v) is 8.12. The SMILES string of the molecule is COc1ccc(Br)c(CNCCc2ccc(Cl)cc2)c1OCc1ccccc1C. The van der Waals surface area contributed by atoms with E-state index in [4.69, 9.17) is 21.1 Å². The highest BCUT2D eigenvalue weighted by atomic mass is 79.9. The van der Waals surface area contributed by atoms with Gasteiger partial charge in [-0.1, -0.05) is 63.9 Å². The number of ether oxygens (including phenoxy) is 2. The number of hydrogen-bond acceptors (Lipinski definition) is 3. The van der Waals surface area contributed by atoms with Crippen LogP contribution in [0.2, 0.25) is 5.02 Å². The standard InChI is InChI=1S/C24H25BrClNO2/c1-17-5-3-4-6-19(17)16-29-24-21(22(25)11-12-23(24)28-2)15-27-14-13-18-7-9-20(26)10-8-18/h3-12,27H,13-16H2,1-2H3. The molecule has 3 rings (SSSR count). The Hall–Kier alpha value is -2.01. The van der Waals surface area contributed by atoms with Gasteiger partial charge in [-0.15, -0.1) is 0 Å². The van der Waals surface area contributed by atoms with Crippen LogP contribution in [0.3, 0.4) is 0 Å². The van der Waals surface area contributed by atoms with Crippen LogP contribution < -0.4 is 14.8 Å². The van der Waals surface area contributed by atoms with Gasteiger partial charge in [-0.25, -0.2) is 0 Å². The summed E-state index contributed by atoms with van der Waals surface area (Å²) < 4.78 is 12.8. The van der Waals surface area contributed by atoms with E-state index in [1.807, 2.05) is 36.4 Å². The molecule has 0 unspecified atom stereocenters. The van der Waals surface area contributed by atoms with E-state index in [0.29, 0.717) is 13.2 Å². The van der Waals surface area contributed by atoms with Crippen molar-refractivity contribution in [3.63, 3.8) is 0 Å². The molecule has 0 radical (unpaired) electrons. The van der Waals surface area contributed by atoms with Crippen LogP contribution in [0, 0.1) is 6.92 Å². The van der Waals surface area contributed by atoms with Gasteiger partial charge in [0.2, 0.25) is 0 Å². The number of methoxy groups -OCH3 is 1. The Morgan fingerprint density at radius 2 is 1.76 bits per heavy atom. The lowest BCUT2D eigenvalue weighted by Crippen LogP contribution is -2.18. The number of aryl methyl sites for hydroxylation is 1. The Bertz CT molecular complexity index is 944. The second-order valence-electron chi connectivity index (χ2n) is 6.83. The van der Waals surface area contributed by atoms with Crippen LogP contribution in [0.15, 0.2) is 65.1 Å². The zero-order valence-electron chi connectivity index (χ0n) is 16.7. The molecule has 0 aliphatic rings. The van der Waals surface area contributed by atoms with Crippen molar-refractivity contribution >= 4 is 27.5 Å². The molecule has 3 aromatic carbocycles. The van der Waals surface area contributed by atoms with Crippen LogP contribution in [-0.2, 0) is 19.6 Å². The molecule has 0 bridgehead atoms. The molecule has 0 atom stereocenters. The Morgan fingerprint density at radius 3 is 2.48 bits per heavy atom. The molecule has 5 heteroatoms. The van der Waals surface area contributed by atoms with Crippen LogP contribution in [0.5, 0.6) is 11.5 Å². The monoisotopic (exact) mass is 473 g/mol. The van der Waals surface area contributed by atoms with E-state index in [9.17, 15) is 0 Å². The maximum Gasteiger partial charge on any atom is 0.167 e. The molecule has 3 nitrogen and oxygen atoms in total. The fourth-order valence-electron chi connectivity index (χ4n) is 3.09. The van der Waals surface area contributed by atoms with E-state index in [1.165, 1.54) is 11.1 Å². The Labute approximate surface area is 186 Å². The first-order chi connectivity index (χ1) is 14.1. The zero-order valence-corrected chi connectivity index (χ0v) is 19.0. The van der Waals surface area contributed by atoms with E-state index in [1.54, 1.807) is 7.11 Å². The van der Waals surface area contributed by atoms with Gasteiger partial charge in [0.1, 0.15) is 6.61 Å². The third-order valence-corrected chi connectivity index (χ3v) is 5.82. The normalized spacial score (nSPS) is 10.8. The summed E-state index contributed by atoms with van der Waals surface area (Å²) in [5, 5.41) is 4.27. The van der Waals surface area contributed by atoms with Gasteiger partial charge in [-0.2, -0.15) is 0 Å². The van der Waals surface area contributed by atoms with E-state index in [-0.39, 0.29) is 0 Å². The molecule has 1 N–H and O–H groups in total. The largest absolute Gasteiger partial charge is 0.493 e. The molecule has 0 aliphatic heterocycles. The summed E-state index contributed by atoms with van der Waals surface area (Å²) in [5.41, 5.74) is 4.68. The van der Waals surface area contributed by atoms with Gasteiger partial charge in [0.15, 0.2) is 11.5 Å². The average molecular weight is 475 g/mol. The highest BCUT2D eigenvalue weighted by Gasteiger charge is 2.15. The minimum absolute atomic E-state index is 0.497. The molecule has 0 aliphatic carbocycles. The molecule has 3 aromatic rings. The van der Waals surface area contributed by atoms with Gasteiger partial charge in [0.25, 0.3) is 0 Å². The fraction of sp³-hybridized carbons (Fsp3) is 0.250. The molecular formula is C24H25BrClNO2. The van der Waals surface area contributed by atoms with Gasteiger partial charge in [-0.3, -0.25) is 0 Å². The maximum absolute atomic E-state index is 6.23. The molecule has 0 amide bonds. The minimum atomic E-state index is 0.497. The van der Waals surface area contributed by atoms with Crippen molar-refractivity contribution in [1.82, 2.24) is 5.32 Å². The highest BCUT2D eigenvalue weighted by molar-refractivity contribution is 9.10. The first-order valence-corrected chi connectivity index (χ1v) is 10.7. The molecule has 0 spiro atoms. The second kappa shape index (κ2) is 10.7. The first-order valence-electron chi connectivity index (χ1n) is 9.56. The summed E-state index contributed by atoms with van der Waals surface area (Å²) in [6, 6.07) is 20.1. The van der Waals surface area contributed by atoms with Crippen molar-refractivity contribution in [2.75, 3.05) is 13.7 Å². The van der Waals surface area contributed by atoms with Gasteiger partial charge < -0.3 is 14.8 Å². The molecule has 0 heterocycles. The van der Waals surface area contributed by atoms with Gasteiger partial charge in [-0.05, 0) is 60.8 Å². The topological polar surface area (TPSA) is 30.5 Å². The first kappa shape index (κ1) is 21.7. The lowest BCUT2D eigenvalue weighted by Gasteiger charge is -2.18. The summed E-state index contributed by atoms with van der Waals surface area (Å²) in [6.07, 6.45) is 0.929. The molecule has 0 fully saturated rings.